The van der Waals surface area contributed by atoms with Gasteiger partial charge in [-0.2, -0.15) is 0 Å². The van der Waals surface area contributed by atoms with Crippen LogP contribution in [0.15, 0.2) is 18.2 Å². The van der Waals surface area contributed by atoms with Crippen molar-refractivity contribution in [1.82, 2.24) is 0 Å². The van der Waals surface area contributed by atoms with Crippen LogP contribution in [0.4, 0.5) is 5.69 Å². The van der Waals surface area contributed by atoms with Crippen molar-refractivity contribution in [2.24, 2.45) is 5.73 Å². The first-order chi connectivity index (χ1) is 7.27. The van der Waals surface area contributed by atoms with Crippen LogP contribution in [-0.2, 0) is 6.42 Å². The molecular formula is C12H16N2O. The maximum absolute atomic E-state index is 9.91. The number of hydrogen-bond donors (Lipinski definition) is 2. The number of aromatic hydroxyl groups is 1. The number of aryl methyl sites for hydroxylation is 1. The molecule has 3 heteroatoms. The number of nitrogens with two attached hydrogens (primary N) is 1. The molecule has 2 atom stereocenters. The lowest BCUT2D eigenvalue weighted by Gasteiger charge is -2.35. The third kappa shape index (κ3) is 1.23. The molecule has 2 aliphatic rings. The van der Waals surface area contributed by atoms with Gasteiger partial charge in [-0.15, -0.1) is 0 Å². The second kappa shape index (κ2) is 3.14. The molecule has 2 aliphatic heterocycles. The monoisotopic (exact) mass is 204 g/mol. The van der Waals surface area contributed by atoms with Gasteiger partial charge in [-0.25, -0.2) is 0 Å². The zero-order chi connectivity index (χ0) is 10.4. The fraction of sp³-hybridized carbons (Fsp3) is 0.500. The molecule has 0 aliphatic carbocycles. The molecule has 0 radical (unpaired) electrons. The van der Waals surface area contributed by atoms with Crippen LogP contribution in [0.2, 0.25) is 0 Å². The summed E-state index contributed by atoms with van der Waals surface area (Å²) in [6.07, 6.45) is 3.20. The molecule has 2 heterocycles. The minimum Gasteiger partial charge on any atom is -0.506 e. The van der Waals surface area contributed by atoms with E-state index in [9.17, 15) is 5.11 Å². The Morgan fingerprint density at radius 3 is 3.07 bits per heavy atom. The van der Waals surface area contributed by atoms with Crippen molar-refractivity contribution in [2.75, 3.05) is 11.4 Å². The van der Waals surface area contributed by atoms with Gasteiger partial charge in [0, 0.05) is 18.6 Å². The number of para-hydroxylation sites is 1. The van der Waals surface area contributed by atoms with E-state index in [1.54, 1.807) is 6.07 Å². The van der Waals surface area contributed by atoms with E-state index in [0.29, 0.717) is 11.8 Å². The number of anilines is 1. The second-order valence-electron chi connectivity index (χ2n) is 4.54. The third-order valence-electron chi connectivity index (χ3n) is 3.69. The zero-order valence-corrected chi connectivity index (χ0v) is 8.69. The van der Waals surface area contributed by atoms with Crippen molar-refractivity contribution in [3.8, 4) is 5.75 Å². The summed E-state index contributed by atoms with van der Waals surface area (Å²) in [6, 6.07) is 6.51. The number of hydrogen-bond acceptors (Lipinski definition) is 3. The summed E-state index contributed by atoms with van der Waals surface area (Å²) in [7, 11) is 0. The molecule has 3 nitrogen and oxygen atoms in total. The van der Waals surface area contributed by atoms with Crippen molar-refractivity contribution in [3.05, 3.63) is 23.8 Å². The summed E-state index contributed by atoms with van der Waals surface area (Å²) in [4.78, 5) is 2.29. The van der Waals surface area contributed by atoms with Crippen LogP contribution in [0, 0.1) is 0 Å². The van der Waals surface area contributed by atoms with Gasteiger partial charge in [-0.3, -0.25) is 0 Å². The smallest absolute Gasteiger partial charge is 0.139 e. The molecule has 1 saturated heterocycles. The average Bonchev–Trinajstić information content (AvgIpc) is 2.61. The van der Waals surface area contributed by atoms with Gasteiger partial charge in [-0.1, -0.05) is 12.1 Å². The first kappa shape index (κ1) is 9.04. The van der Waals surface area contributed by atoms with Crippen molar-refractivity contribution < 1.29 is 5.11 Å². The molecule has 80 valence electrons. The van der Waals surface area contributed by atoms with E-state index in [0.717, 1.165) is 31.5 Å². The molecule has 0 spiro atoms. The number of phenolic OH excluding ortho intramolecular Hbond substituents is 1. The Morgan fingerprint density at radius 1 is 1.33 bits per heavy atom. The van der Waals surface area contributed by atoms with Gasteiger partial charge in [-0.05, 0) is 30.9 Å². The summed E-state index contributed by atoms with van der Waals surface area (Å²) in [5.41, 5.74) is 8.37. The zero-order valence-electron chi connectivity index (χ0n) is 8.69. The van der Waals surface area contributed by atoms with E-state index in [2.05, 4.69) is 11.0 Å². The summed E-state index contributed by atoms with van der Waals surface area (Å²) >= 11 is 0. The molecule has 3 rings (SSSR count). The summed E-state index contributed by atoms with van der Waals surface area (Å²) in [6.45, 7) is 0.983. The lowest BCUT2D eigenvalue weighted by Crippen LogP contribution is -2.42. The Balaban J connectivity index is 2.08. The number of benzene rings is 1. The van der Waals surface area contributed by atoms with Crippen LogP contribution in [0.25, 0.3) is 0 Å². The van der Waals surface area contributed by atoms with E-state index >= 15 is 0 Å². The van der Waals surface area contributed by atoms with Crippen molar-refractivity contribution in [1.29, 1.82) is 0 Å². The largest absolute Gasteiger partial charge is 0.506 e. The van der Waals surface area contributed by atoms with Crippen LogP contribution in [0.1, 0.15) is 18.4 Å². The summed E-state index contributed by atoms with van der Waals surface area (Å²) in [5.74, 6) is 0.409. The molecule has 0 bridgehead atoms. The standard InChI is InChI=1S/C12H16N2O/c13-9-6-7-14-10(9)5-4-8-2-1-3-11(15)12(8)14/h1-3,9-10,15H,4-7,13H2. The molecule has 3 N–H and O–H groups in total. The van der Waals surface area contributed by atoms with Crippen LogP contribution in [0.3, 0.4) is 0 Å². The third-order valence-corrected chi connectivity index (χ3v) is 3.69. The molecule has 0 saturated carbocycles. The van der Waals surface area contributed by atoms with Crippen LogP contribution >= 0.6 is 0 Å². The van der Waals surface area contributed by atoms with Crippen LogP contribution in [-0.4, -0.2) is 23.7 Å². The molecule has 1 aromatic carbocycles. The predicted octanol–water partition coefficient (Wildman–Crippen LogP) is 1.24. The highest BCUT2D eigenvalue weighted by atomic mass is 16.3. The van der Waals surface area contributed by atoms with Gasteiger partial charge >= 0.3 is 0 Å². The maximum Gasteiger partial charge on any atom is 0.139 e. The van der Waals surface area contributed by atoms with Gasteiger partial charge in [0.05, 0.1) is 5.69 Å². The Bertz CT molecular complexity index is 391. The fourth-order valence-electron chi connectivity index (χ4n) is 2.94. The van der Waals surface area contributed by atoms with Crippen LogP contribution < -0.4 is 10.6 Å². The molecule has 15 heavy (non-hydrogen) atoms. The Hall–Kier alpha value is -1.22. The predicted molar refractivity (Wildman–Crippen MR) is 60.2 cm³/mol. The number of rotatable bonds is 0. The van der Waals surface area contributed by atoms with E-state index in [1.807, 2.05) is 6.07 Å². The highest BCUT2D eigenvalue weighted by Crippen LogP contribution is 2.41. The normalized spacial score (nSPS) is 28.7. The molecule has 0 amide bonds. The average molecular weight is 204 g/mol. The first-order valence-electron chi connectivity index (χ1n) is 5.60. The number of phenols is 1. The first-order valence-corrected chi connectivity index (χ1v) is 5.60. The Labute approximate surface area is 89.5 Å². The summed E-state index contributed by atoms with van der Waals surface area (Å²) in [5, 5.41) is 9.91. The quantitative estimate of drug-likeness (QED) is 0.668. The molecule has 2 unspecified atom stereocenters. The minimum absolute atomic E-state index is 0.276. The maximum atomic E-state index is 9.91. The van der Waals surface area contributed by atoms with E-state index < -0.39 is 0 Å². The van der Waals surface area contributed by atoms with E-state index in [4.69, 9.17) is 5.73 Å². The highest BCUT2D eigenvalue weighted by Gasteiger charge is 2.36. The minimum atomic E-state index is 0.276. The molecule has 1 aromatic rings. The van der Waals surface area contributed by atoms with Gasteiger partial charge in [0.25, 0.3) is 0 Å². The lowest BCUT2D eigenvalue weighted by molar-refractivity contribution is 0.462. The SMILES string of the molecule is NC1CCN2c3c(O)cccc3CCC12. The molecule has 0 aromatic heterocycles. The van der Waals surface area contributed by atoms with Crippen molar-refractivity contribution in [3.63, 3.8) is 0 Å². The van der Waals surface area contributed by atoms with Crippen molar-refractivity contribution >= 4 is 5.69 Å². The number of fused-ring (bicyclic) bond motifs is 3. The fourth-order valence-corrected chi connectivity index (χ4v) is 2.94. The van der Waals surface area contributed by atoms with Gasteiger partial charge in [0.1, 0.15) is 5.75 Å². The topological polar surface area (TPSA) is 49.5 Å². The Kier molecular flexibility index (Phi) is 1.89. The van der Waals surface area contributed by atoms with Gasteiger partial charge in [0.15, 0.2) is 0 Å². The molecular weight excluding hydrogens is 188 g/mol. The highest BCUT2D eigenvalue weighted by molar-refractivity contribution is 5.66. The summed E-state index contributed by atoms with van der Waals surface area (Å²) < 4.78 is 0. The second-order valence-corrected chi connectivity index (χ2v) is 4.54. The van der Waals surface area contributed by atoms with E-state index in [-0.39, 0.29) is 6.04 Å². The number of nitrogens with zero attached hydrogens (tertiary/aromatic N) is 1. The van der Waals surface area contributed by atoms with Gasteiger partial charge < -0.3 is 15.7 Å². The van der Waals surface area contributed by atoms with Gasteiger partial charge in [0.2, 0.25) is 0 Å². The van der Waals surface area contributed by atoms with Crippen molar-refractivity contribution in [2.45, 2.75) is 31.3 Å². The van der Waals surface area contributed by atoms with Crippen LogP contribution in [0.5, 0.6) is 5.75 Å². The van der Waals surface area contributed by atoms with E-state index in [1.165, 1.54) is 5.56 Å². The Morgan fingerprint density at radius 2 is 2.20 bits per heavy atom. The molecule has 1 fully saturated rings. The lowest BCUT2D eigenvalue weighted by atomic mass is 9.94.